The van der Waals surface area contributed by atoms with Crippen LogP contribution >= 0.6 is 11.6 Å². The topological polar surface area (TPSA) is 64.6 Å². The van der Waals surface area contributed by atoms with Crippen LogP contribution in [0.25, 0.3) is 10.9 Å². The first-order valence-corrected chi connectivity index (χ1v) is 7.46. The molecule has 0 radical (unpaired) electrons. The zero-order valence-corrected chi connectivity index (χ0v) is 13.2. The number of benzene rings is 1. The van der Waals surface area contributed by atoms with E-state index in [9.17, 15) is 4.79 Å². The van der Waals surface area contributed by atoms with Crippen LogP contribution in [0.15, 0.2) is 45.8 Å². The van der Waals surface area contributed by atoms with Gasteiger partial charge >= 0.3 is 0 Å². The van der Waals surface area contributed by atoms with Crippen LogP contribution in [-0.2, 0) is 13.6 Å². The molecule has 1 aromatic carbocycles. The van der Waals surface area contributed by atoms with E-state index in [4.69, 9.17) is 16.0 Å². The molecule has 0 unspecified atom stereocenters. The van der Waals surface area contributed by atoms with Crippen molar-refractivity contribution in [3.63, 3.8) is 0 Å². The molecule has 0 spiro atoms. The van der Waals surface area contributed by atoms with E-state index >= 15 is 0 Å². The third kappa shape index (κ3) is 2.77. The summed E-state index contributed by atoms with van der Waals surface area (Å²) in [6.07, 6.45) is 1.65. The van der Waals surface area contributed by atoms with E-state index < -0.39 is 0 Å². The molecule has 0 amide bonds. The van der Waals surface area contributed by atoms with Gasteiger partial charge in [0.25, 0.3) is 5.56 Å². The van der Waals surface area contributed by atoms with Crippen LogP contribution in [0.5, 0.6) is 0 Å². The summed E-state index contributed by atoms with van der Waals surface area (Å²) in [7, 11) is 1.75. The number of nitrogens with zero attached hydrogens (tertiary/aromatic N) is 2. The van der Waals surface area contributed by atoms with Crippen molar-refractivity contribution in [2.45, 2.75) is 19.5 Å². The molecular formula is C16H17ClN3O2+. The minimum atomic E-state index is -0.0603. The lowest BCUT2D eigenvalue weighted by atomic mass is 10.2. The molecule has 0 bridgehead atoms. The Morgan fingerprint density at radius 2 is 2.23 bits per heavy atom. The van der Waals surface area contributed by atoms with Gasteiger partial charge in [-0.3, -0.25) is 9.36 Å². The first-order chi connectivity index (χ1) is 10.6. The normalized spacial score (nSPS) is 12.7. The number of hydrogen-bond acceptors (Lipinski definition) is 3. The van der Waals surface area contributed by atoms with Crippen LogP contribution in [-0.4, -0.2) is 9.55 Å². The fourth-order valence-electron chi connectivity index (χ4n) is 2.50. The van der Waals surface area contributed by atoms with Crippen molar-refractivity contribution in [3.8, 4) is 0 Å². The van der Waals surface area contributed by atoms with E-state index in [1.54, 1.807) is 36.1 Å². The Hall–Kier alpha value is -2.11. The summed E-state index contributed by atoms with van der Waals surface area (Å²) in [5, 5.41) is 3.23. The number of fused-ring (bicyclic) bond motifs is 1. The van der Waals surface area contributed by atoms with Crippen LogP contribution in [0.3, 0.4) is 0 Å². The number of nitrogens with two attached hydrogens (primary N) is 1. The second kappa shape index (κ2) is 5.94. The summed E-state index contributed by atoms with van der Waals surface area (Å²) in [4.78, 5) is 17.1. The Morgan fingerprint density at radius 3 is 2.95 bits per heavy atom. The van der Waals surface area contributed by atoms with Crippen LogP contribution in [0, 0.1) is 0 Å². The Morgan fingerprint density at radius 1 is 1.41 bits per heavy atom. The maximum absolute atomic E-state index is 12.4. The number of furan rings is 1. The maximum Gasteiger partial charge on any atom is 0.261 e. The highest BCUT2D eigenvalue weighted by atomic mass is 35.5. The Balaban J connectivity index is 1.95. The average Bonchev–Trinajstić information content (AvgIpc) is 3.01. The summed E-state index contributed by atoms with van der Waals surface area (Å²) in [6, 6.07) is 8.95. The SMILES string of the molecule is C[C@H]([NH2+]Cc1ccco1)c1nc2cc(Cl)ccc2c(=O)n1C. The molecule has 1 atom stereocenters. The molecule has 114 valence electrons. The van der Waals surface area contributed by atoms with Gasteiger partial charge < -0.3 is 9.73 Å². The standard InChI is InChI=1S/C16H16ClN3O2/c1-10(18-9-12-4-3-7-22-12)15-19-14-8-11(17)5-6-13(14)16(21)20(15)2/h3-8,10,18H,9H2,1-2H3/p+1/t10-/m0/s1. The van der Waals surface area contributed by atoms with Crippen molar-refractivity contribution in [1.82, 2.24) is 9.55 Å². The largest absolute Gasteiger partial charge is 0.463 e. The highest BCUT2D eigenvalue weighted by molar-refractivity contribution is 6.31. The summed E-state index contributed by atoms with van der Waals surface area (Å²) in [6.45, 7) is 2.71. The smallest absolute Gasteiger partial charge is 0.261 e. The predicted octanol–water partition coefficient (Wildman–Crippen LogP) is 2.00. The maximum atomic E-state index is 12.4. The number of halogens is 1. The molecule has 0 aliphatic heterocycles. The summed E-state index contributed by atoms with van der Waals surface area (Å²) < 4.78 is 6.92. The molecule has 3 aromatic rings. The predicted molar refractivity (Wildman–Crippen MR) is 84.7 cm³/mol. The van der Waals surface area contributed by atoms with E-state index in [0.717, 1.165) is 5.76 Å². The molecule has 0 fully saturated rings. The van der Waals surface area contributed by atoms with Crippen molar-refractivity contribution < 1.29 is 9.73 Å². The van der Waals surface area contributed by atoms with E-state index in [2.05, 4.69) is 10.3 Å². The lowest BCUT2D eigenvalue weighted by Gasteiger charge is -2.14. The highest BCUT2D eigenvalue weighted by Crippen LogP contribution is 2.16. The zero-order chi connectivity index (χ0) is 15.7. The molecule has 0 saturated heterocycles. The second-order valence-electron chi connectivity index (χ2n) is 5.30. The molecule has 22 heavy (non-hydrogen) atoms. The van der Waals surface area contributed by atoms with Crippen LogP contribution in [0.1, 0.15) is 24.6 Å². The van der Waals surface area contributed by atoms with Gasteiger partial charge in [0, 0.05) is 12.1 Å². The van der Waals surface area contributed by atoms with Gasteiger partial charge in [0.1, 0.15) is 12.6 Å². The fraction of sp³-hybridized carbons (Fsp3) is 0.250. The first kappa shape index (κ1) is 14.8. The van der Waals surface area contributed by atoms with Gasteiger partial charge in [-0.1, -0.05) is 11.6 Å². The summed E-state index contributed by atoms with van der Waals surface area (Å²) in [5.41, 5.74) is 0.568. The van der Waals surface area contributed by atoms with Gasteiger partial charge in [-0.2, -0.15) is 0 Å². The van der Waals surface area contributed by atoms with Gasteiger partial charge in [-0.05, 0) is 37.3 Å². The molecule has 6 heteroatoms. The number of quaternary nitrogens is 1. The molecule has 0 aliphatic rings. The Labute approximate surface area is 132 Å². The van der Waals surface area contributed by atoms with E-state index in [1.807, 2.05) is 19.1 Å². The van der Waals surface area contributed by atoms with Crippen molar-refractivity contribution in [1.29, 1.82) is 0 Å². The third-order valence-electron chi connectivity index (χ3n) is 3.73. The van der Waals surface area contributed by atoms with Gasteiger partial charge in [0.05, 0.1) is 17.2 Å². The van der Waals surface area contributed by atoms with Crippen LogP contribution in [0.4, 0.5) is 0 Å². The quantitative estimate of drug-likeness (QED) is 0.800. The molecule has 2 aromatic heterocycles. The number of hydrogen-bond donors (Lipinski definition) is 1. The average molecular weight is 319 g/mol. The second-order valence-corrected chi connectivity index (χ2v) is 5.74. The third-order valence-corrected chi connectivity index (χ3v) is 3.97. The fourth-order valence-corrected chi connectivity index (χ4v) is 2.66. The summed E-state index contributed by atoms with van der Waals surface area (Å²) in [5.74, 6) is 1.60. The molecule has 0 saturated carbocycles. The van der Waals surface area contributed by atoms with E-state index in [-0.39, 0.29) is 11.6 Å². The van der Waals surface area contributed by atoms with Crippen molar-refractivity contribution in [2.24, 2.45) is 7.05 Å². The van der Waals surface area contributed by atoms with Crippen molar-refractivity contribution in [3.05, 3.63) is 63.6 Å². The number of rotatable bonds is 4. The summed E-state index contributed by atoms with van der Waals surface area (Å²) >= 11 is 6.00. The molecular weight excluding hydrogens is 302 g/mol. The molecule has 2 heterocycles. The van der Waals surface area contributed by atoms with Crippen LogP contribution < -0.4 is 10.9 Å². The first-order valence-electron chi connectivity index (χ1n) is 7.08. The molecule has 0 aliphatic carbocycles. The Bertz CT molecular complexity index is 856. The van der Waals surface area contributed by atoms with Gasteiger partial charge in [0.15, 0.2) is 11.6 Å². The molecule has 3 rings (SSSR count). The van der Waals surface area contributed by atoms with Crippen molar-refractivity contribution in [2.75, 3.05) is 0 Å². The lowest BCUT2D eigenvalue weighted by Crippen LogP contribution is -2.83. The minimum Gasteiger partial charge on any atom is -0.463 e. The van der Waals surface area contributed by atoms with E-state index in [1.165, 1.54) is 0 Å². The lowest BCUT2D eigenvalue weighted by molar-refractivity contribution is -0.710. The van der Waals surface area contributed by atoms with E-state index in [0.29, 0.717) is 28.3 Å². The Kier molecular flexibility index (Phi) is 4.00. The van der Waals surface area contributed by atoms with Crippen molar-refractivity contribution >= 4 is 22.5 Å². The monoisotopic (exact) mass is 318 g/mol. The molecule has 5 nitrogen and oxygen atoms in total. The van der Waals surface area contributed by atoms with Crippen LogP contribution in [0.2, 0.25) is 5.02 Å². The number of aromatic nitrogens is 2. The van der Waals surface area contributed by atoms with Gasteiger partial charge in [-0.25, -0.2) is 4.98 Å². The van der Waals surface area contributed by atoms with Gasteiger partial charge in [-0.15, -0.1) is 0 Å². The molecule has 2 N–H and O–H groups in total. The zero-order valence-electron chi connectivity index (χ0n) is 12.4. The highest BCUT2D eigenvalue weighted by Gasteiger charge is 2.17. The van der Waals surface area contributed by atoms with Gasteiger partial charge in [0.2, 0.25) is 0 Å². The minimum absolute atomic E-state index is 0.0196.